The Hall–Kier alpha value is -1.88. The van der Waals surface area contributed by atoms with Gasteiger partial charge >= 0.3 is 0 Å². The van der Waals surface area contributed by atoms with Crippen molar-refractivity contribution < 1.29 is 9.21 Å². The number of rotatable bonds is 7. The Balaban J connectivity index is 1.55. The Morgan fingerprint density at radius 2 is 1.88 bits per heavy atom. The molecule has 164 valence electrons. The van der Waals surface area contributed by atoms with Crippen LogP contribution in [0, 0.1) is 6.92 Å². The van der Waals surface area contributed by atoms with Crippen molar-refractivity contribution in [2.24, 2.45) is 0 Å². The molecule has 0 radical (unpaired) electrons. The normalized spacial score (nSPS) is 11.0. The van der Waals surface area contributed by atoms with Crippen LogP contribution >= 0.6 is 59.6 Å². The molecule has 4 aromatic rings. The van der Waals surface area contributed by atoms with Gasteiger partial charge in [-0.05, 0) is 69.1 Å². The molecule has 4 rings (SSSR count). The molecule has 0 saturated carbocycles. The van der Waals surface area contributed by atoms with Crippen LogP contribution in [0.4, 0.5) is 5.69 Å². The van der Waals surface area contributed by atoms with E-state index in [9.17, 15) is 4.79 Å². The molecule has 2 heterocycles. The number of aromatic nitrogens is 3. The molecule has 0 unspecified atom stereocenters. The molecule has 0 atom stereocenters. The molecule has 0 aliphatic heterocycles. The van der Waals surface area contributed by atoms with Gasteiger partial charge in [0.1, 0.15) is 5.76 Å². The second kappa shape index (κ2) is 10.4. The molecule has 6 nitrogen and oxygen atoms in total. The smallest absolute Gasteiger partial charge is 0.234 e. The second-order valence-electron chi connectivity index (χ2n) is 6.92. The number of anilines is 1. The van der Waals surface area contributed by atoms with E-state index in [4.69, 9.17) is 4.42 Å². The molecule has 0 fully saturated rings. The van der Waals surface area contributed by atoms with Crippen molar-refractivity contribution in [2.75, 3.05) is 11.1 Å². The van der Waals surface area contributed by atoms with Gasteiger partial charge in [-0.3, -0.25) is 9.36 Å². The largest absolute Gasteiger partial charge is 0.467 e. The first kappa shape index (κ1) is 23.3. The van der Waals surface area contributed by atoms with Gasteiger partial charge in [0.2, 0.25) is 5.91 Å². The van der Waals surface area contributed by atoms with Crippen molar-refractivity contribution >= 4 is 71.1 Å². The molecule has 0 saturated heterocycles. The van der Waals surface area contributed by atoms with E-state index in [0.717, 1.165) is 36.1 Å². The number of nitrogens with zero attached hydrogens (tertiary/aromatic N) is 3. The number of halogens is 3. The summed E-state index contributed by atoms with van der Waals surface area (Å²) in [5, 5.41) is 12.3. The summed E-state index contributed by atoms with van der Waals surface area (Å²) in [6.45, 7) is 2.51. The third kappa shape index (κ3) is 5.54. The Bertz CT molecular complexity index is 1240. The summed E-state index contributed by atoms with van der Waals surface area (Å²) in [7, 11) is 0. The van der Waals surface area contributed by atoms with E-state index in [1.165, 1.54) is 11.8 Å². The third-order valence-corrected chi connectivity index (χ3v) is 7.17. The predicted molar refractivity (Wildman–Crippen MR) is 137 cm³/mol. The molecule has 1 N–H and O–H groups in total. The van der Waals surface area contributed by atoms with Crippen LogP contribution in [-0.4, -0.2) is 26.4 Å². The van der Waals surface area contributed by atoms with E-state index in [1.807, 2.05) is 54.0 Å². The molecule has 0 spiro atoms. The predicted octanol–water partition coefficient (Wildman–Crippen LogP) is 6.91. The summed E-state index contributed by atoms with van der Waals surface area (Å²) < 4.78 is 9.96. The lowest BCUT2D eigenvalue weighted by Crippen LogP contribution is -2.15. The van der Waals surface area contributed by atoms with Crippen molar-refractivity contribution in [1.29, 1.82) is 0 Å². The van der Waals surface area contributed by atoms with Gasteiger partial charge in [-0.2, -0.15) is 0 Å². The molecule has 10 heteroatoms. The molecule has 2 aromatic carbocycles. The van der Waals surface area contributed by atoms with Gasteiger partial charge in [0.15, 0.2) is 11.0 Å². The second-order valence-corrected chi connectivity index (χ2v) is 10.5. The number of hydrogen-bond donors (Lipinski definition) is 1. The van der Waals surface area contributed by atoms with Gasteiger partial charge in [0.05, 0.1) is 24.2 Å². The lowest BCUT2D eigenvalue weighted by Gasteiger charge is -2.11. The highest BCUT2D eigenvalue weighted by molar-refractivity contribution is 9.11. The Morgan fingerprint density at radius 1 is 1.09 bits per heavy atom. The number of aryl methyl sites for hydroxylation is 1. The third-order valence-electron chi connectivity index (χ3n) is 4.49. The van der Waals surface area contributed by atoms with Gasteiger partial charge in [-0.1, -0.05) is 51.5 Å². The molecule has 0 aliphatic carbocycles. The minimum Gasteiger partial charge on any atom is -0.467 e. The standard InChI is InChI=1S/C22H17Br3N4O2S/c1-13-4-2-5-14(8-13)21-27-28-22(29(21)11-16-6-3-7-31-16)32-12-19(30)26-20-17(24)9-15(23)10-18(20)25/h2-10H,11-12H2,1H3,(H,26,30). The fourth-order valence-electron chi connectivity index (χ4n) is 3.06. The van der Waals surface area contributed by atoms with Gasteiger partial charge in [-0.25, -0.2) is 0 Å². The number of nitrogens with one attached hydrogen (secondary N) is 1. The van der Waals surface area contributed by atoms with Crippen molar-refractivity contribution in [3.63, 3.8) is 0 Å². The minimum absolute atomic E-state index is 0.150. The molecular weight excluding hydrogens is 624 g/mol. The number of carbonyl (C=O) groups excluding carboxylic acids is 1. The number of furan rings is 1. The fraction of sp³-hybridized carbons (Fsp3) is 0.136. The Labute approximate surface area is 214 Å². The number of thioether (sulfide) groups is 1. The highest BCUT2D eigenvalue weighted by Gasteiger charge is 2.18. The maximum Gasteiger partial charge on any atom is 0.234 e. The van der Waals surface area contributed by atoms with Crippen molar-refractivity contribution in [3.8, 4) is 11.4 Å². The average molecular weight is 641 g/mol. The maximum absolute atomic E-state index is 12.7. The van der Waals surface area contributed by atoms with E-state index in [2.05, 4.69) is 69.4 Å². The quantitative estimate of drug-likeness (QED) is 0.222. The first-order chi connectivity index (χ1) is 15.4. The summed E-state index contributed by atoms with van der Waals surface area (Å²) in [4.78, 5) is 12.7. The van der Waals surface area contributed by atoms with Crippen LogP contribution in [0.15, 0.2) is 77.8 Å². The molecule has 2 aromatic heterocycles. The summed E-state index contributed by atoms with van der Waals surface area (Å²) in [5.41, 5.74) is 2.77. The lowest BCUT2D eigenvalue weighted by atomic mass is 10.1. The summed E-state index contributed by atoms with van der Waals surface area (Å²) in [6.07, 6.45) is 1.64. The summed E-state index contributed by atoms with van der Waals surface area (Å²) in [6, 6.07) is 15.6. The highest BCUT2D eigenvalue weighted by atomic mass is 79.9. The monoisotopic (exact) mass is 638 g/mol. The number of hydrogen-bond acceptors (Lipinski definition) is 5. The van der Waals surface area contributed by atoms with Crippen molar-refractivity contribution in [2.45, 2.75) is 18.6 Å². The molecular formula is C22H17Br3N4O2S. The highest BCUT2D eigenvalue weighted by Crippen LogP contribution is 2.34. The molecule has 32 heavy (non-hydrogen) atoms. The van der Waals surface area contributed by atoms with E-state index >= 15 is 0 Å². The van der Waals surface area contributed by atoms with Gasteiger partial charge in [0.25, 0.3) is 0 Å². The van der Waals surface area contributed by atoms with E-state index in [-0.39, 0.29) is 11.7 Å². The first-order valence-corrected chi connectivity index (χ1v) is 12.9. The van der Waals surface area contributed by atoms with Gasteiger partial charge in [-0.15, -0.1) is 10.2 Å². The van der Waals surface area contributed by atoms with Crippen LogP contribution in [-0.2, 0) is 11.3 Å². The number of carbonyl (C=O) groups is 1. The number of benzene rings is 2. The zero-order valence-corrected chi connectivity index (χ0v) is 22.4. The number of amides is 1. The topological polar surface area (TPSA) is 73.0 Å². The summed E-state index contributed by atoms with van der Waals surface area (Å²) in [5.74, 6) is 1.54. The lowest BCUT2D eigenvalue weighted by molar-refractivity contribution is -0.113. The van der Waals surface area contributed by atoms with Crippen LogP contribution in [0.25, 0.3) is 11.4 Å². The van der Waals surface area contributed by atoms with Crippen molar-refractivity contribution in [3.05, 3.63) is 79.5 Å². The van der Waals surface area contributed by atoms with Crippen LogP contribution in [0.5, 0.6) is 0 Å². The fourth-order valence-corrected chi connectivity index (χ4v) is 6.26. The van der Waals surface area contributed by atoms with Gasteiger partial charge in [0, 0.05) is 19.0 Å². The van der Waals surface area contributed by atoms with Crippen LogP contribution < -0.4 is 5.32 Å². The van der Waals surface area contributed by atoms with E-state index in [0.29, 0.717) is 17.4 Å². The first-order valence-electron chi connectivity index (χ1n) is 9.50. The molecule has 0 aliphatic rings. The van der Waals surface area contributed by atoms with Crippen molar-refractivity contribution in [1.82, 2.24) is 14.8 Å². The van der Waals surface area contributed by atoms with E-state index in [1.54, 1.807) is 6.26 Å². The summed E-state index contributed by atoms with van der Waals surface area (Å²) >= 11 is 11.7. The average Bonchev–Trinajstić information content (AvgIpc) is 3.39. The molecule has 1 amide bonds. The Morgan fingerprint density at radius 3 is 2.56 bits per heavy atom. The van der Waals surface area contributed by atoms with Crippen LogP contribution in [0.1, 0.15) is 11.3 Å². The van der Waals surface area contributed by atoms with Crippen LogP contribution in [0.2, 0.25) is 0 Å². The zero-order chi connectivity index (χ0) is 22.7. The zero-order valence-electron chi connectivity index (χ0n) is 16.8. The SMILES string of the molecule is Cc1cccc(-c2nnc(SCC(=O)Nc3c(Br)cc(Br)cc3Br)n2Cc2ccco2)c1. The van der Waals surface area contributed by atoms with E-state index < -0.39 is 0 Å². The van der Waals surface area contributed by atoms with Crippen LogP contribution in [0.3, 0.4) is 0 Å². The van der Waals surface area contributed by atoms with Gasteiger partial charge < -0.3 is 9.73 Å². The minimum atomic E-state index is -0.150. The Kier molecular flexibility index (Phi) is 7.55. The maximum atomic E-state index is 12.7. The molecule has 0 bridgehead atoms.